The first-order chi connectivity index (χ1) is 6.68. The number of esters is 1. The molecule has 4 nitrogen and oxygen atoms in total. The number of nitrogens with one attached hydrogen (secondary N) is 1. The van der Waals surface area contributed by atoms with E-state index >= 15 is 0 Å². The highest BCUT2D eigenvalue weighted by atomic mass is 16.5. The van der Waals surface area contributed by atoms with Gasteiger partial charge in [-0.3, -0.25) is 0 Å². The summed E-state index contributed by atoms with van der Waals surface area (Å²) in [6, 6.07) is 0. The van der Waals surface area contributed by atoms with E-state index in [2.05, 4.69) is 10.4 Å². The van der Waals surface area contributed by atoms with Crippen molar-refractivity contribution in [1.82, 2.24) is 10.4 Å². The van der Waals surface area contributed by atoms with E-state index in [0.29, 0.717) is 0 Å². The number of carbonyl (C=O) groups is 1. The maximum absolute atomic E-state index is 11.1. The average molecular weight is 198 g/mol. The predicted octanol–water partition coefficient (Wildman–Crippen LogP) is 1.05. The van der Waals surface area contributed by atoms with Gasteiger partial charge in [-0.15, -0.1) is 0 Å². The van der Waals surface area contributed by atoms with Crippen molar-refractivity contribution in [2.24, 2.45) is 0 Å². The van der Waals surface area contributed by atoms with Gasteiger partial charge in [-0.1, -0.05) is 0 Å². The topological polar surface area (TPSA) is 41.6 Å². The number of hydrogen-bond acceptors (Lipinski definition) is 4. The van der Waals surface area contributed by atoms with E-state index in [1.54, 1.807) is 6.20 Å². The molecule has 0 saturated carbocycles. The van der Waals surface area contributed by atoms with Gasteiger partial charge in [0.2, 0.25) is 0 Å². The maximum Gasteiger partial charge on any atom is 0.332 e. The monoisotopic (exact) mass is 198 g/mol. The molecule has 0 aromatic heterocycles. The second-order valence-electron chi connectivity index (χ2n) is 3.64. The third-order valence-electron chi connectivity index (χ3n) is 1.93. The second kappa shape index (κ2) is 5.65. The molecule has 14 heavy (non-hydrogen) atoms. The molecule has 0 amide bonds. The lowest BCUT2D eigenvalue weighted by molar-refractivity contribution is -0.141. The molecule has 0 aliphatic carbocycles. The van der Waals surface area contributed by atoms with Crippen molar-refractivity contribution in [3.63, 3.8) is 0 Å². The van der Waals surface area contributed by atoms with Crippen molar-refractivity contribution in [3.05, 3.63) is 12.3 Å². The minimum absolute atomic E-state index is 0.0565. The standard InChI is InChI=1S/C10H18N2O2/c1-9(2)14-10(13)5-6-11-12-7-3-4-8-12/h5-6,9,11H,3-4,7-8H2,1-2H3. The summed E-state index contributed by atoms with van der Waals surface area (Å²) in [5.41, 5.74) is 3.04. The molecule has 0 spiro atoms. The number of carbonyl (C=O) groups excluding carboxylic acids is 1. The van der Waals surface area contributed by atoms with E-state index in [4.69, 9.17) is 4.74 Å². The SMILES string of the molecule is CC(C)OC(=O)C=CNN1CCCC1. The third kappa shape index (κ3) is 4.28. The summed E-state index contributed by atoms with van der Waals surface area (Å²) < 4.78 is 4.93. The number of rotatable bonds is 4. The van der Waals surface area contributed by atoms with Crippen LogP contribution in [-0.4, -0.2) is 30.2 Å². The first-order valence-corrected chi connectivity index (χ1v) is 5.07. The molecular weight excluding hydrogens is 180 g/mol. The van der Waals surface area contributed by atoms with Gasteiger partial charge in [-0.2, -0.15) is 0 Å². The lowest BCUT2D eigenvalue weighted by Gasteiger charge is -2.13. The van der Waals surface area contributed by atoms with Gasteiger partial charge in [0, 0.05) is 25.4 Å². The largest absolute Gasteiger partial charge is 0.460 e. The summed E-state index contributed by atoms with van der Waals surface area (Å²) in [4.78, 5) is 11.1. The number of hydrazine groups is 1. The van der Waals surface area contributed by atoms with E-state index in [1.165, 1.54) is 18.9 Å². The van der Waals surface area contributed by atoms with Crippen LogP contribution in [0.3, 0.4) is 0 Å². The Morgan fingerprint density at radius 2 is 2.07 bits per heavy atom. The van der Waals surface area contributed by atoms with Crippen molar-refractivity contribution in [1.29, 1.82) is 0 Å². The highest BCUT2D eigenvalue weighted by Gasteiger charge is 2.08. The van der Waals surface area contributed by atoms with Gasteiger partial charge in [-0.25, -0.2) is 9.80 Å². The van der Waals surface area contributed by atoms with Crippen LogP contribution in [-0.2, 0) is 9.53 Å². The van der Waals surface area contributed by atoms with Crippen LogP contribution < -0.4 is 5.43 Å². The Morgan fingerprint density at radius 3 is 2.64 bits per heavy atom. The molecular formula is C10H18N2O2. The zero-order valence-corrected chi connectivity index (χ0v) is 8.82. The van der Waals surface area contributed by atoms with Crippen LogP contribution in [0.15, 0.2) is 12.3 Å². The Kier molecular flexibility index (Phi) is 4.46. The molecule has 1 fully saturated rings. The van der Waals surface area contributed by atoms with Crippen molar-refractivity contribution in [2.75, 3.05) is 13.1 Å². The van der Waals surface area contributed by atoms with Crippen LogP contribution >= 0.6 is 0 Å². The fraction of sp³-hybridized carbons (Fsp3) is 0.700. The molecule has 0 aromatic rings. The normalized spacial score (nSPS) is 17.9. The zero-order valence-electron chi connectivity index (χ0n) is 8.82. The Bertz CT molecular complexity index is 208. The second-order valence-corrected chi connectivity index (χ2v) is 3.64. The first-order valence-electron chi connectivity index (χ1n) is 5.07. The number of ether oxygens (including phenoxy) is 1. The molecule has 1 rings (SSSR count). The molecule has 1 N–H and O–H groups in total. The zero-order chi connectivity index (χ0) is 10.4. The molecule has 4 heteroatoms. The fourth-order valence-electron chi connectivity index (χ4n) is 1.33. The molecule has 80 valence electrons. The molecule has 0 unspecified atom stereocenters. The van der Waals surface area contributed by atoms with Gasteiger partial charge in [0.05, 0.1) is 6.10 Å². The van der Waals surface area contributed by atoms with Crippen LogP contribution in [0.2, 0.25) is 0 Å². The van der Waals surface area contributed by atoms with Crippen LogP contribution in [0.4, 0.5) is 0 Å². The Labute approximate surface area is 84.9 Å². The summed E-state index contributed by atoms with van der Waals surface area (Å²) in [7, 11) is 0. The molecule has 1 saturated heterocycles. The smallest absolute Gasteiger partial charge is 0.332 e. The van der Waals surface area contributed by atoms with E-state index in [1.807, 2.05) is 13.8 Å². The lowest BCUT2D eigenvalue weighted by atomic mass is 10.4. The van der Waals surface area contributed by atoms with Crippen LogP contribution in [0.1, 0.15) is 26.7 Å². The summed E-state index contributed by atoms with van der Waals surface area (Å²) in [5, 5.41) is 2.08. The predicted molar refractivity (Wildman–Crippen MR) is 54.3 cm³/mol. The van der Waals surface area contributed by atoms with Crippen molar-refractivity contribution >= 4 is 5.97 Å². The summed E-state index contributed by atoms with van der Waals surface area (Å²) in [5.74, 6) is -0.299. The van der Waals surface area contributed by atoms with Gasteiger partial charge in [-0.05, 0) is 26.7 Å². The molecule has 0 atom stereocenters. The molecule has 0 bridgehead atoms. The third-order valence-corrected chi connectivity index (χ3v) is 1.93. The van der Waals surface area contributed by atoms with Gasteiger partial charge >= 0.3 is 5.97 Å². The van der Waals surface area contributed by atoms with Gasteiger partial charge in [0.1, 0.15) is 0 Å². The van der Waals surface area contributed by atoms with E-state index < -0.39 is 0 Å². The molecule has 1 aliphatic rings. The Morgan fingerprint density at radius 1 is 1.43 bits per heavy atom. The van der Waals surface area contributed by atoms with Gasteiger partial charge in [0.25, 0.3) is 0 Å². The van der Waals surface area contributed by atoms with E-state index in [9.17, 15) is 4.79 Å². The molecule has 1 heterocycles. The summed E-state index contributed by atoms with van der Waals surface area (Å²) in [6.07, 6.45) is 5.43. The van der Waals surface area contributed by atoms with Crippen molar-refractivity contribution in [3.8, 4) is 0 Å². The van der Waals surface area contributed by atoms with Crippen molar-refractivity contribution in [2.45, 2.75) is 32.8 Å². The Balaban J connectivity index is 2.15. The minimum atomic E-state index is -0.299. The molecule has 0 aromatic carbocycles. The molecule has 0 radical (unpaired) electrons. The quantitative estimate of drug-likeness (QED) is 0.541. The highest BCUT2D eigenvalue weighted by molar-refractivity contribution is 5.81. The van der Waals surface area contributed by atoms with Crippen LogP contribution in [0.5, 0.6) is 0 Å². The highest BCUT2D eigenvalue weighted by Crippen LogP contribution is 2.03. The first kappa shape index (κ1) is 11.0. The minimum Gasteiger partial charge on any atom is -0.460 e. The summed E-state index contributed by atoms with van der Waals surface area (Å²) >= 11 is 0. The average Bonchev–Trinajstić information content (AvgIpc) is 2.55. The van der Waals surface area contributed by atoms with E-state index in [0.717, 1.165) is 13.1 Å². The Hall–Kier alpha value is -1.03. The number of nitrogens with zero attached hydrogens (tertiary/aromatic N) is 1. The van der Waals surface area contributed by atoms with Gasteiger partial charge in [0.15, 0.2) is 0 Å². The number of hydrogen-bond donors (Lipinski definition) is 1. The van der Waals surface area contributed by atoms with Crippen LogP contribution in [0, 0.1) is 0 Å². The lowest BCUT2D eigenvalue weighted by Crippen LogP contribution is -2.31. The fourth-order valence-corrected chi connectivity index (χ4v) is 1.33. The maximum atomic E-state index is 11.1. The summed E-state index contributed by atoms with van der Waals surface area (Å²) in [6.45, 7) is 5.76. The van der Waals surface area contributed by atoms with Gasteiger partial charge < -0.3 is 10.2 Å². The van der Waals surface area contributed by atoms with Crippen molar-refractivity contribution < 1.29 is 9.53 Å². The van der Waals surface area contributed by atoms with Crippen LogP contribution in [0.25, 0.3) is 0 Å². The van der Waals surface area contributed by atoms with E-state index in [-0.39, 0.29) is 12.1 Å². The molecule has 1 aliphatic heterocycles.